The predicted octanol–water partition coefficient (Wildman–Crippen LogP) is 3.64. The molecule has 1 atom stereocenters. The van der Waals surface area contributed by atoms with Gasteiger partial charge in [0.1, 0.15) is 5.75 Å². The molecule has 1 aromatic rings. The van der Waals surface area contributed by atoms with Crippen LogP contribution in [0.1, 0.15) is 20.8 Å². The van der Waals surface area contributed by atoms with Crippen molar-refractivity contribution < 1.29 is 13.8 Å². The molecule has 1 aromatic carbocycles. The van der Waals surface area contributed by atoms with Gasteiger partial charge in [0.2, 0.25) is 14.8 Å². The summed E-state index contributed by atoms with van der Waals surface area (Å²) in [5.41, 5.74) is 0. The van der Waals surface area contributed by atoms with Gasteiger partial charge in [0.15, 0.2) is 0 Å². The van der Waals surface area contributed by atoms with E-state index >= 15 is 0 Å². The van der Waals surface area contributed by atoms with Gasteiger partial charge in [0.05, 0.1) is 7.11 Å². The molecule has 0 radical (unpaired) electrons. The highest BCUT2D eigenvalue weighted by molar-refractivity contribution is 8.13. The molecular weight excluding hydrogens is 295 g/mol. The minimum Gasteiger partial charge on any atom is -0.497 e. The maximum atomic E-state index is 10.5. The van der Waals surface area contributed by atoms with Crippen molar-refractivity contribution in [2.24, 2.45) is 0 Å². The van der Waals surface area contributed by atoms with E-state index in [1.165, 1.54) is 0 Å². The van der Waals surface area contributed by atoms with Gasteiger partial charge in [-0.15, -0.1) is 0 Å². The van der Waals surface area contributed by atoms with Crippen LogP contribution in [0.3, 0.4) is 0 Å². The molecule has 0 aromatic heterocycles. The van der Waals surface area contributed by atoms with Crippen molar-refractivity contribution in [2.45, 2.75) is 38.9 Å². The second-order valence-corrected chi connectivity index (χ2v) is 14.4. The molecule has 0 saturated heterocycles. The summed E-state index contributed by atoms with van der Waals surface area (Å²) >= 11 is 5.34. The summed E-state index contributed by atoms with van der Waals surface area (Å²) < 4.78 is 11.1. The van der Waals surface area contributed by atoms with E-state index in [4.69, 9.17) is 20.8 Å². The van der Waals surface area contributed by atoms with Crippen LogP contribution >= 0.6 is 6.49 Å². The zero-order valence-corrected chi connectivity index (χ0v) is 15.1. The minimum atomic E-state index is -2.95. The average Bonchev–Trinajstić information content (AvgIpc) is 2.26. The minimum absolute atomic E-state index is 0.0201. The van der Waals surface area contributed by atoms with E-state index in [0.29, 0.717) is 5.30 Å². The summed E-state index contributed by atoms with van der Waals surface area (Å²) in [6, 6.07) is 7.16. The monoisotopic (exact) mass is 318 g/mol. The number of hydrogen-bond donors (Lipinski definition) is 1. The molecule has 108 valence electrons. The number of hydrogen-bond acceptors (Lipinski definition) is 3. The molecule has 3 nitrogen and oxygen atoms in total. The van der Waals surface area contributed by atoms with Crippen LogP contribution in [0, 0.1) is 0 Å². The Labute approximate surface area is 122 Å². The molecule has 0 saturated carbocycles. The molecule has 0 fully saturated rings. The van der Waals surface area contributed by atoms with Crippen molar-refractivity contribution in [2.75, 3.05) is 7.11 Å². The quantitative estimate of drug-likeness (QED) is 0.679. The third-order valence-electron chi connectivity index (χ3n) is 3.56. The van der Waals surface area contributed by atoms with E-state index in [-0.39, 0.29) is 5.04 Å². The van der Waals surface area contributed by atoms with Crippen LogP contribution in [-0.4, -0.2) is 20.3 Å². The molecule has 19 heavy (non-hydrogen) atoms. The number of rotatable bonds is 4. The lowest BCUT2D eigenvalue weighted by Gasteiger charge is -2.38. The smallest absolute Gasteiger partial charge is 0.207 e. The van der Waals surface area contributed by atoms with E-state index in [0.717, 1.165) is 5.75 Å². The van der Waals surface area contributed by atoms with Crippen LogP contribution in [0.25, 0.3) is 0 Å². The van der Waals surface area contributed by atoms with Crippen LogP contribution in [0.5, 0.6) is 5.75 Å². The Hall–Kier alpha value is -0.193. The highest BCUT2D eigenvalue weighted by Crippen LogP contribution is 2.50. The Morgan fingerprint density at radius 2 is 1.63 bits per heavy atom. The van der Waals surface area contributed by atoms with Gasteiger partial charge in [-0.3, -0.25) is 0 Å². The van der Waals surface area contributed by atoms with Crippen molar-refractivity contribution in [3.8, 4) is 5.75 Å². The normalized spacial score (nSPS) is 15.9. The summed E-state index contributed by atoms with van der Waals surface area (Å²) in [5.74, 6) is 0.742. The van der Waals surface area contributed by atoms with E-state index in [1.807, 2.05) is 0 Å². The Morgan fingerprint density at radius 3 is 2.00 bits per heavy atom. The Kier molecular flexibility index (Phi) is 5.02. The summed E-state index contributed by atoms with van der Waals surface area (Å²) in [6.45, 7) is 7.61. The summed E-state index contributed by atoms with van der Waals surface area (Å²) in [6.07, 6.45) is 0. The molecular formula is C13H23O3PSSi. The largest absolute Gasteiger partial charge is 0.497 e. The summed E-state index contributed by atoms with van der Waals surface area (Å²) in [7, 11) is -0.474. The lowest BCUT2D eigenvalue weighted by molar-refractivity contribution is 0.415. The van der Waals surface area contributed by atoms with E-state index in [9.17, 15) is 4.89 Å². The van der Waals surface area contributed by atoms with E-state index in [2.05, 4.69) is 33.9 Å². The molecule has 0 aliphatic carbocycles. The summed E-state index contributed by atoms with van der Waals surface area (Å²) in [4.78, 5) is 10.5. The van der Waals surface area contributed by atoms with Crippen molar-refractivity contribution in [3.63, 3.8) is 0 Å². The zero-order chi connectivity index (χ0) is 14.9. The third-order valence-corrected chi connectivity index (χ3v) is 12.2. The molecule has 0 aliphatic rings. The maximum absolute atomic E-state index is 10.5. The first-order chi connectivity index (χ1) is 8.49. The molecule has 6 heteroatoms. The topological polar surface area (TPSA) is 38.7 Å². The lowest BCUT2D eigenvalue weighted by Crippen LogP contribution is -2.40. The molecule has 0 bridgehead atoms. The fourth-order valence-electron chi connectivity index (χ4n) is 1.27. The van der Waals surface area contributed by atoms with Crippen LogP contribution in [0.4, 0.5) is 0 Å². The first-order valence-electron chi connectivity index (χ1n) is 6.18. The molecule has 0 amide bonds. The number of ether oxygens (including phenoxy) is 1. The van der Waals surface area contributed by atoms with Gasteiger partial charge in [-0.2, -0.15) is 0 Å². The molecule has 0 spiro atoms. The van der Waals surface area contributed by atoms with Crippen molar-refractivity contribution in [1.29, 1.82) is 0 Å². The highest BCUT2D eigenvalue weighted by Gasteiger charge is 2.41. The first kappa shape index (κ1) is 16.9. The van der Waals surface area contributed by atoms with Crippen LogP contribution < -0.4 is 10.0 Å². The molecule has 1 N–H and O–H groups in total. The molecule has 0 aliphatic heterocycles. The van der Waals surface area contributed by atoms with Crippen molar-refractivity contribution >= 4 is 31.9 Å². The Morgan fingerprint density at radius 1 is 1.16 bits per heavy atom. The standard InChI is InChI=1S/C13H23O3PSSi/c1-13(2,3)19(5,6)16-17(14,18)12-9-7-11(15-4)8-10-12/h7-10H,1-6H3,(H,14,18). The summed E-state index contributed by atoms with van der Waals surface area (Å²) in [5, 5.41) is 0.694. The van der Waals surface area contributed by atoms with Crippen LogP contribution in [0.15, 0.2) is 24.3 Å². The first-order valence-corrected chi connectivity index (χ1v) is 11.8. The van der Waals surface area contributed by atoms with Gasteiger partial charge in [0.25, 0.3) is 0 Å². The van der Waals surface area contributed by atoms with Crippen LogP contribution in [0.2, 0.25) is 18.1 Å². The maximum Gasteiger partial charge on any atom is 0.207 e. The Bertz CT molecular complexity index is 480. The van der Waals surface area contributed by atoms with E-state index < -0.39 is 14.8 Å². The van der Waals surface area contributed by atoms with Gasteiger partial charge < -0.3 is 13.8 Å². The SMILES string of the molecule is COc1ccc(P(O)(=S)O[Si](C)(C)C(C)(C)C)cc1. The molecule has 1 unspecified atom stereocenters. The van der Waals surface area contributed by atoms with Gasteiger partial charge >= 0.3 is 0 Å². The molecule has 1 rings (SSSR count). The van der Waals surface area contributed by atoms with Gasteiger partial charge in [0, 0.05) is 5.30 Å². The number of benzene rings is 1. The van der Waals surface area contributed by atoms with Crippen LogP contribution in [-0.2, 0) is 16.0 Å². The van der Waals surface area contributed by atoms with Crippen molar-refractivity contribution in [3.05, 3.63) is 24.3 Å². The van der Waals surface area contributed by atoms with Gasteiger partial charge in [-0.25, -0.2) is 0 Å². The highest BCUT2D eigenvalue weighted by atomic mass is 32.5. The molecule has 0 heterocycles. The van der Waals surface area contributed by atoms with E-state index in [1.54, 1.807) is 31.4 Å². The fourth-order valence-corrected chi connectivity index (χ4v) is 7.83. The van der Waals surface area contributed by atoms with Gasteiger partial charge in [-0.1, -0.05) is 20.8 Å². The fraction of sp³-hybridized carbons (Fsp3) is 0.538. The third kappa shape index (κ3) is 4.13. The van der Waals surface area contributed by atoms with Gasteiger partial charge in [-0.05, 0) is 54.2 Å². The Balaban J connectivity index is 3.01. The number of methoxy groups -OCH3 is 1. The average molecular weight is 318 g/mol. The zero-order valence-electron chi connectivity index (χ0n) is 12.4. The lowest BCUT2D eigenvalue weighted by atomic mass is 10.2. The second kappa shape index (κ2) is 5.66. The van der Waals surface area contributed by atoms with Crippen molar-refractivity contribution in [1.82, 2.24) is 0 Å². The second-order valence-electron chi connectivity index (χ2n) is 6.07. The predicted molar refractivity (Wildman–Crippen MR) is 87.4 cm³/mol.